The van der Waals surface area contributed by atoms with Crippen molar-refractivity contribution in [2.45, 2.75) is 59.8 Å². The van der Waals surface area contributed by atoms with Crippen molar-refractivity contribution >= 4 is 0 Å². The molecule has 0 saturated carbocycles. The zero-order valence-electron chi connectivity index (χ0n) is 11.2. The molecule has 15 heavy (non-hydrogen) atoms. The van der Waals surface area contributed by atoms with Crippen LogP contribution in [0.5, 0.6) is 0 Å². The van der Waals surface area contributed by atoms with Gasteiger partial charge in [0.05, 0.1) is 0 Å². The van der Waals surface area contributed by atoms with Gasteiger partial charge in [-0.3, -0.25) is 0 Å². The Balaban J connectivity index is 2.28. The lowest BCUT2D eigenvalue weighted by Crippen LogP contribution is -2.39. The highest BCUT2D eigenvalue weighted by molar-refractivity contribution is 4.78. The Morgan fingerprint density at radius 3 is 2.20 bits per heavy atom. The maximum atomic E-state index is 2.68. The van der Waals surface area contributed by atoms with Crippen molar-refractivity contribution in [1.82, 2.24) is 4.90 Å². The molecule has 1 aliphatic heterocycles. The Morgan fingerprint density at radius 1 is 1.13 bits per heavy atom. The monoisotopic (exact) mass is 211 g/mol. The van der Waals surface area contributed by atoms with Gasteiger partial charge in [-0.05, 0) is 43.7 Å². The van der Waals surface area contributed by atoms with Gasteiger partial charge < -0.3 is 4.90 Å². The summed E-state index contributed by atoms with van der Waals surface area (Å²) in [7, 11) is 0. The minimum absolute atomic E-state index is 0.522. The van der Waals surface area contributed by atoms with E-state index in [1.807, 2.05) is 0 Å². The lowest BCUT2D eigenvalue weighted by atomic mass is 9.86. The smallest absolute Gasteiger partial charge is 0.00327 e. The van der Waals surface area contributed by atoms with E-state index in [0.717, 1.165) is 5.92 Å². The molecule has 0 aromatic rings. The first-order valence-electron chi connectivity index (χ1n) is 6.79. The predicted molar refractivity (Wildman–Crippen MR) is 68.1 cm³/mol. The van der Waals surface area contributed by atoms with E-state index in [1.165, 1.54) is 51.7 Å². The number of rotatable bonds is 5. The SMILES string of the molecule is CCCC(C)(C)CN1CCC(CC)CC1. The summed E-state index contributed by atoms with van der Waals surface area (Å²) in [6.07, 6.45) is 6.92. The summed E-state index contributed by atoms with van der Waals surface area (Å²) < 4.78 is 0. The van der Waals surface area contributed by atoms with Gasteiger partial charge in [0.25, 0.3) is 0 Å². The van der Waals surface area contributed by atoms with E-state index in [4.69, 9.17) is 0 Å². The molecule has 0 N–H and O–H groups in total. The maximum absolute atomic E-state index is 2.68. The van der Waals surface area contributed by atoms with Crippen LogP contribution in [0.2, 0.25) is 0 Å². The summed E-state index contributed by atoms with van der Waals surface area (Å²) in [5.74, 6) is 1.01. The third-order valence-electron chi connectivity index (χ3n) is 3.86. The highest BCUT2D eigenvalue weighted by Gasteiger charge is 2.24. The van der Waals surface area contributed by atoms with Gasteiger partial charge in [-0.1, -0.05) is 40.5 Å². The van der Waals surface area contributed by atoms with Crippen molar-refractivity contribution < 1.29 is 0 Å². The molecule has 1 fully saturated rings. The van der Waals surface area contributed by atoms with Gasteiger partial charge in [0, 0.05) is 6.54 Å². The average molecular weight is 211 g/mol. The Kier molecular flexibility index (Phi) is 5.11. The van der Waals surface area contributed by atoms with E-state index in [-0.39, 0.29) is 0 Å². The standard InChI is InChI=1S/C14H29N/c1-5-9-14(3,4)12-15-10-7-13(6-2)8-11-15/h13H,5-12H2,1-4H3. The third kappa shape index (κ3) is 4.55. The molecule has 1 aliphatic rings. The Labute approximate surface area is 96.2 Å². The van der Waals surface area contributed by atoms with Crippen molar-refractivity contribution in [3.8, 4) is 0 Å². The van der Waals surface area contributed by atoms with E-state index in [9.17, 15) is 0 Å². The fraction of sp³-hybridized carbons (Fsp3) is 1.00. The van der Waals surface area contributed by atoms with Gasteiger partial charge in [-0.15, -0.1) is 0 Å². The number of hydrogen-bond acceptors (Lipinski definition) is 1. The fourth-order valence-electron chi connectivity index (χ4n) is 2.91. The summed E-state index contributed by atoms with van der Waals surface area (Å²) in [6, 6.07) is 0. The average Bonchev–Trinajstić information content (AvgIpc) is 2.18. The molecule has 0 bridgehead atoms. The van der Waals surface area contributed by atoms with E-state index < -0.39 is 0 Å². The molecule has 0 aliphatic carbocycles. The summed E-state index contributed by atoms with van der Waals surface area (Å²) in [6.45, 7) is 13.5. The highest BCUT2D eigenvalue weighted by Crippen LogP contribution is 2.27. The van der Waals surface area contributed by atoms with Crippen LogP contribution in [0, 0.1) is 11.3 Å². The summed E-state index contributed by atoms with van der Waals surface area (Å²) in [4.78, 5) is 2.68. The van der Waals surface area contributed by atoms with Crippen LogP contribution in [0.1, 0.15) is 59.8 Å². The van der Waals surface area contributed by atoms with Crippen molar-refractivity contribution in [3.05, 3.63) is 0 Å². The molecule has 1 nitrogen and oxygen atoms in total. The largest absolute Gasteiger partial charge is 0.303 e. The number of hydrogen-bond donors (Lipinski definition) is 0. The molecule has 0 spiro atoms. The minimum atomic E-state index is 0.522. The summed E-state index contributed by atoms with van der Waals surface area (Å²) in [5, 5.41) is 0. The zero-order valence-corrected chi connectivity index (χ0v) is 11.2. The van der Waals surface area contributed by atoms with Crippen LogP contribution >= 0.6 is 0 Å². The molecule has 90 valence electrons. The van der Waals surface area contributed by atoms with E-state index in [0.29, 0.717) is 5.41 Å². The quantitative estimate of drug-likeness (QED) is 0.666. The fourth-order valence-corrected chi connectivity index (χ4v) is 2.91. The molecule has 0 aromatic carbocycles. The van der Waals surface area contributed by atoms with Crippen LogP contribution in [-0.4, -0.2) is 24.5 Å². The third-order valence-corrected chi connectivity index (χ3v) is 3.86. The van der Waals surface area contributed by atoms with E-state index in [1.54, 1.807) is 0 Å². The number of piperidine rings is 1. The first kappa shape index (κ1) is 13.0. The molecular formula is C14H29N. The van der Waals surface area contributed by atoms with Crippen molar-refractivity contribution in [3.63, 3.8) is 0 Å². The predicted octanol–water partition coefficient (Wildman–Crippen LogP) is 3.93. The van der Waals surface area contributed by atoms with Crippen LogP contribution in [0.25, 0.3) is 0 Å². The lowest BCUT2D eigenvalue weighted by molar-refractivity contribution is 0.121. The highest BCUT2D eigenvalue weighted by atomic mass is 15.1. The molecule has 1 saturated heterocycles. The van der Waals surface area contributed by atoms with Crippen LogP contribution in [0.3, 0.4) is 0 Å². The first-order chi connectivity index (χ1) is 7.07. The molecular weight excluding hydrogens is 182 g/mol. The van der Waals surface area contributed by atoms with Gasteiger partial charge in [0.1, 0.15) is 0 Å². The minimum Gasteiger partial charge on any atom is -0.303 e. The first-order valence-corrected chi connectivity index (χ1v) is 6.79. The zero-order chi connectivity index (χ0) is 11.3. The van der Waals surface area contributed by atoms with Gasteiger partial charge in [-0.2, -0.15) is 0 Å². The normalized spacial score (nSPS) is 20.8. The van der Waals surface area contributed by atoms with Gasteiger partial charge in [0.15, 0.2) is 0 Å². The lowest BCUT2D eigenvalue weighted by Gasteiger charge is -2.37. The Bertz CT molecular complexity index is 166. The van der Waals surface area contributed by atoms with Crippen molar-refractivity contribution in [2.24, 2.45) is 11.3 Å². The molecule has 0 amide bonds. The second-order valence-corrected chi connectivity index (χ2v) is 6.04. The molecule has 0 aromatic heterocycles. The van der Waals surface area contributed by atoms with Crippen LogP contribution in [-0.2, 0) is 0 Å². The summed E-state index contributed by atoms with van der Waals surface area (Å²) >= 11 is 0. The van der Waals surface area contributed by atoms with Crippen LogP contribution < -0.4 is 0 Å². The van der Waals surface area contributed by atoms with E-state index >= 15 is 0 Å². The number of likely N-dealkylation sites (tertiary alicyclic amines) is 1. The molecule has 1 heteroatoms. The topological polar surface area (TPSA) is 3.24 Å². The Morgan fingerprint density at radius 2 is 1.73 bits per heavy atom. The Hall–Kier alpha value is -0.0400. The van der Waals surface area contributed by atoms with Crippen molar-refractivity contribution in [2.75, 3.05) is 19.6 Å². The molecule has 0 radical (unpaired) electrons. The molecule has 1 rings (SSSR count). The van der Waals surface area contributed by atoms with Crippen molar-refractivity contribution in [1.29, 1.82) is 0 Å². The van der Waals surface area contributed by atoms with Gasteiger partial charge in [-0.25, -0.2) is 0 Å². The summed E-state index contributed by atoms with van der Waals surface area (Å²) in [5.41, 5.74) is 0.522. The van der Waals surface area contributed by atoms with Gasteiger partial charge >= 0.3 is 0 Å². The molecule has 0 atom stereocenters. The van der Waals surface area contributed by atoms with Gasteiger partial charge in [0.2, 0.25) is 0 Å². The molecule has 0 unspecified atom stereocenters. The maximum Gasteiger partial charge on any atom is 0.00327 e. The number of nitrogens with zero attached hydrogens (tertiary/aromatic N) is 1. The van der Waals surface area contributed by atoms with Crippen LogP contribution in [0.4, 0.5) is 0 Å². The molecule has 1 heterocycles. The van der Waals surface area contributed by atoms with E-state index in [2.05, 4.69) is 32.6 Å². The second kappa shape index (κ2) is 5.89. The van der Waals surface area contributed by atoms with Crippen LogP contribution in [0.15, 0.2) is 0 Å². The second-order valence-electron chi connectivity index (χ2n) is 6.04.